The maximum absolute atomic E-state index is 15.4. The molecular formula is C38H48O5. The Morgan fingerprint density at radius 1 is 0.814 bits per heavy atom. The van der Waals surface area contributed by atoms with Crippen molar-refractivity contribution in [2.24, 2.45) is 45.3 Å². The van der Waals surface area contributed by atoms with E-state index >= 15 is 14.4 Å². The number of ketones is 4. The van der Waals surface area contributed by atoms with Crippen LogP contribution >= 0.6 is 0 Å². The van der Waals surface area contributed by atoms with Crippen LogP contribution in [0.15, 0.2) is 53.6 Å². The third-order valence-corrected chi connectivity index (χ3v) is 12.7. The molecule has 7 rings (SSSR count). The maximum Gasteiger partial charge on any atom is 0.184 e. The fraction of sp³-hybridized carbons (Fsp3) is 0.632. The van der Waals surface area contributed by atoms with Crippen LogP contribution in [0.3, 0.4) is 0 Å². The number of rotatable bonds is 7. The summed E-state index contributed by atoms with van der Waals surface area (Å²) in [5, 5.41) is 0. The van der Waals surface area contributed by atoms with E-state index in [1.165, 1.54) is 5.57 Å². The van der Waals surface area contributed by atoms with Gasteiger partial charge in [-0.3, -0.25) is 19.2 Å². The molecule has 5 saturated carbocycles. The van der Waals surface area contributed by atoms with Crippen molar-refractivity contribution in [1.29, 1.82) is 0 Å². The second-order valence-electron chi connectivity index (χ2n) is 16.3. The van der Waals surface area contributed by atoms with Crippen molar-refractivity contribution in [3.8, 4) is 0 Å². The molecule has 1 aliphatic heterocycles. The summed E-state index contributed by atoms with van der Waals surface area (Å²) in [6.07, 6.45) is 6.97. The summed E-state index contributed by atoms with van der Waals surface area (Å²) in [7, 11) is 0. The standard InChI is InChI=1S/C38H48O5/c1-22(2)14-13-15-23(3)18-19-36-20-25-28-27-26(34(6,7)43-35(27,8)9)21-37(28,30(36)40)32(42)38(31(36)41,33(25,4)5)29(39)24-16-11-10-12-17-24/h10-12,14,16-18,25-28H,13,15,19-21H2,1-9H3/b23-18+/t25-,26+,27+,28-,36+,37-,38-/m1/s1. The van der Waals surface area contributed by atoms with E-state index in [4.69, 9.17) is 4.74 Å². The van der Waals surface area contributed by atoms with E-state index in [1.807, 2.05) is 19.9 Å². The highest BCUT2D eigenvalue weighted by molar-refractivity contribution is 6.42. The van der Waals surface area contributed by atoms with Gasteiger partial charge in [-0.1, -0.05) is 67.5 Å². The molecule has 230 valence electrons. The number of carbonyl (C=O) groups excluding carboxylic acids is 4. The Hall–Kier alpha value is -2.66. The third-order valence-electron chi connectivity index (χ3n) is 12.7. The average molecular weight is 585 g/mol. The predicted octanol–water partition coefficient (Wildman–Crippen LogP) is 7.53. The average Bonchev–Trinajstić information content (AvgIpc) is 3.38. The first-order valence-corrected chi connectivity index (χ1v) is 16.2. The van der Waals surface area contributed by atoms with Crippen LogP contribution in [0.1, 0.15) is 105 Å². The van der Waals surface area contributed by atoms with Gasteiger partial charge in [0.2, 0.25) is 0 Å². The molecule has 0 N–H and O–H groups in total. The fourth-order valence-corrected chi connectivity index (χ4v) is 11.0. The van der Waals surface area contributed by atoms with E-state index in [0.717, 1.165) is 18.4 Å². The van der Waals surface area contributed by atoms with E-state index in [1.54, 1.807) is 24.3 Å². The topological polar surface area (TPSA) is 77.5 Å². The van der Waals surface area contributed by atoms with Gasteiger partial charge in [-0.25, -0.2) is 0 Å². The first kappa shape index (κ1) is 30.4. The van der Waals surface area contributed by atoms with Gasteiger partial charge in [-0.15, -0.1) is 0 Å². The van der Waals surface area contributed by atoms with Gasteiger partial charge in [0.15, 0.2) is 28.5 Å². The quantitative estimate of drug-likeness (QED) is 0.188. The number of hydrogen-bond donors (Lipinski definition) is 0. The SMILES string of the molecule is CC(C)=CCC/C(C)=C/C[C@]12C[C@@H]3[C@@H]4[C@@H]5[C@H](C[C@@]4(C1=O)C(=O)[C@@](C(=O)c1ccccc1)(C2=O)C3(C)C)C(C)(C)OC5(C)C. The predicted molar refractivity (Wildman–Crippen MR) is 166 cm³/mol. The maximum atomic E-state index is 15.4. The molecule has 1 saturated heterocycles. The van der Waals surface area contributed by atoms with E-state index < -0.39 is 50.2 Å². The zero-order valence-electron chi connectivity index (χ0n) is 27.4. The number of Topliss-reactive ketones (excluding diaryl/α,β-unsaturated/α-hetero) is 4. The van der Waals surface area contributed by atoms with Gasteiger partial charge in [0.25, 0.3) is 0 Å². The zero-order valence-corrected chi connectivity index (χ0v) is 27.4. The van der Waals surface area contributed by atoms with Gasteiger partial charge in [0, 0.05) is 5.56 Å². The summed E-state index contributed by atoms with van der Waals surface area (Å²) < 4.78 is 6.64. The van der Waals surface area contributed by atoms with Gasteiger partial charge in [0.1, 0.15) is 0 Å². The minimum atomic E-state index is -1.89. The first-order valence-electron chi connectivity index (χ1n) is 16.2. The van der Waals surface area contributed by atoms with Crippen molar-refractivity contribution in [3.63, 3.8) is 0 Å². The smallest absolute Gasteiger partial charge is 0.184 e. The second kappa shape index (κ2) is 9.19. The summed E-state index contributed by atoms with van der Waals surface area (Å²) >= 11 is 0. The highest BCUT2D eigenvalue weighted by Crippen LogP contribution is 2.81. The van der Waals surface area contributed by atoms with Gasteiger partial charge >= 0.3 is 0 Å². The van der Waals surface area contributed by atoms with E-state index in [-0.39, 0.29) is 35.9 Å². The first-order chi connectivity index (χ1) is 19.9. The summed E-state index contributed by atoms with van der Waals surface area (Å²) in [5.41, 5.74) is -3.89. The van der Waals surface area contributed by atoms with Crippen molar-refractivity contribution >= 4 is 23.1 Å². The van der Waals surface area contributed by atoms with Crippen LogP contribution in [0.25, 0.3) is 0 Å². The molecule has 0 radical (unpaired) electrons. The lowest BCUT2D eigenvalue weighted by atomic mass is 9.27. The lowest BCUT2D eigenvalue weighted by Gasteiger charge is -2.71. The Labute approximate surface area is 256 Å². The van der Waals surface area contributed by atoms with Crippen LogP contribution in [0, 0.1) is 45.3 Å². The van der Waals surface area contributed by atoms with Crippen LogP contribution in [0.2, 0.25) is 0 Å². The highest BCUT2D eigenvalue weighted by atomic mass is 16.5. The molecule has 4 bridgehead atoms. The van der Waals surface area contributed by atoms with Gasteiger partial charge in [0.05, 0.1) is 22.0 Å². The summed E-state index contributed by atoms with van der Waals surface area (Å²) in [4.78, 5) is 60.5. The van der Waals surface area contributed by atoms with E-state index in [2.05, 4.69) is 60.6 Å². The lowest BCUT2D eigenvalue weighted by Crippen LogP contribution is -2.83. The van der Waals surface area contributed by atoms with Gasteiger partial charge < -0.3 is 4.74 Å². The zero-order chi connectivity index (χ0) is 31.5. The monoisotopic (exact) mass is 584 g/mol. The molecule has 5 heteroatoms. The molecule has 5 aliphatic carbocycles. The Kier molecular flexibility index (Phi) is 6.49. The number of fused-ring (bicyclic) bond motifs is 1. The largest absolute Gasteiger partial charge is 0.369 e. The molecule has 43 heavy (non-hydrogen) atoms. The molecule has 0 amide bonds. The Morgan fingerprint density at radius 2 is 1.47 bits per heavy atom. The van der Waals surface area contributed by atoms with Gasteiger partial charge in [-0.2, -0.15) is 0 Å². The highest BCUT2D eigenvalue weighted by Gasteiger charge is 2.90. The van der Waals surface area contributed by atoms with Crippen molar-refractivity contribution in [2.45, 2.75) is 106 Å². The van der Waals surface area contributed by atoms with Crippen molar-refractivity contribution in [2.75, 3.05) is 0 Å². The summed E-state index contributed by atoms with van der Waals surface area (Å²) in [6.45, 7) is 18.5. The molecule has 1 spiro atoms. The van der Waals surface area contributed by atoms with Crippen LogP contribution in [0.4, 0.5) is 0 Å². The van der Waals surface area contributed by atoms with Gasteiger partial charge in [-0.05, 0) is 110 Å². The molecule has 1 heterocycles. The Morgan fingerprint density at radius 3 is 2.09 bits per heavy atom. The van der Waals surface area contributed by atoms with Crippen molar-refractivity contribution in [3.05, 3.63) is 59.2 Å². The van der Waals surface area contributed by atoms with Crippen LogP contribution in [0.5, 0.6) is 0 Å². The fourth-order valence-electron chi connectivity index (χ4n) is 11.0. The number of carbonyl (C=O) groups is 4. The van der Waals surface area contributed by atoms with Crippen molar-refractivity contribution < 1.29 is 23.9 Å². The van der Waals surface area contributed by atoms with Crippen molar-refractivity contribution in [1.82, 2.24) is 0 Å². The lowest BCUT2D eigenvalue weighted by molar-refractivity contribution is -0.218. The molecular weight excluding hydrogens is 536 g/mol. The van der Waals surface area contributed by atoms with Crippen LogP contribution < -0.4 is 0 Å². The second-order valence-corrected chi connectivity index (χ2v) is 16.3. The Balaban J connectivity index is 1.57. The number of hydrogen-bond acceptors (Lipinski definition) is 5. The third kappa shape index (κ3) is 3.55. The molecule has 1 aromatic carbocycles. The van der Waals surface area contributed by atoms with E-state index in [9.17, 15) is 4.79 Å². The molecule has 6 aliphatic rings. The molecule has 6 fully saturated rings. The molecule has 1 aromatic rings. The minimum absolute atomic E-state index is 0.0166. The molecule has 5 nitrogen and oxygen atoms in total. The minimum Gasteiger partial charge on any atom is -0.369 e. The number of allylic oxidation sites excluding steroid dienone is 4. The van der Waals surface area contributed by atoms with Crippen LogP contribution in [-0.4, -0.2) is 34.3 Å². The summed E-state index contributed by atoms with van der Waals surface area (Å²) in [6, 6.07) is 8.79. The molecule has 0 aromatic heterocycles. The normalized spacial score (nSPS) is 39.6. The number of benzene rings is 1. The molecule has 0 unspecified atom stereocenters. The van der Waals surface area contributed by atoms with E-state index in [0.29, 0.717) is 18.4 Å². The molecule has 7 atom stereocenters. The van der Waals surface area contributed by atoms with Crippen LogP contribution in [-0.2, 0) is 19.1 Å². The Bertz CT molecular complexity index is 1490. The summed E-state index contributed by atoms with van der Waals surface area (Å²) in [5.74, 6) is -1.96. The number of ether oxygens (including phenoxy) is 1.